The summed E-state index contributed by atoms with van der Waals surface area (Å²) in [7, 11) is 0. The number of aromatic hydroxyl groups is 1. The van der Waals surface area contributed by atoms with Crippen LogP contribution in [0.3, 0.4) is 0 Å². The van der Waals surface area contributed by atoms with Crippen molar-refractivity contribution in [1.82, 2.24) is 5.06 Å². The second kappa shape index (κ2) is 5.76. The standard InChI is InChI=1S/C21H24N2O2S/c1-20(2,3)13-5-7-14(8-6-13)26-16-10-9-15(24)17-18(16)21(11-4-12-21)23(25)19(17)22/h5-10,22,24-25H,4,11-12H2,1-3H3. The molecule has 3 N–H and O–H groups in total. The van der Waals surface area contributed by atoms with Crippen molar-refractivity contribution in [3.8, 4) is 5.75 Å². The van der Waals surface area contributed by atoms with Crippen LogP contribution in [0.15, 0.2) is 46.2 Å². The minimum Gasteiger partial charge on any atom is -0.507 e. The van der Waals surface area contributed by atoms with Gasteiger partial charge in [0.1, 0.15) is 5.75 Å². The van der Waals surface area contributed by atoms with Crippen molar-refractivity contribution in [2.24, 2.45) is 0 Å². The molecule has 0 atom stereocenters. The molecule has 1 heterocycles. The summed E-state index contributed by atoms with van der Waals surface area (Å²) in [5.74, 6) is 0.0722. The summed E-state index contributed by atoms with van der Waals surface area (Å²) >= 11 is 1.63. The van der Waals surface area contributed by atoms with Crippen LogP contribution in [0.25, 0.3) is 0 Å². The number of rotatable bonds is 2. The van der Waals surface area contributed by atoms with E-state index in [2.05, 4.69) is 45.0 Å². The van der Waals surface area contributed by atoms with Gasteiger partial charge in [-0.25, -0.2) is 5.06 Å². The minimum absolute atomic E-state index is 0.00253. The lowest BCUT2D eigenvalue weighted by Gasteiger charge is -2.43. The van der Waals surface area contributed by atoms with Gasteiger partial charge in [-0.05, 0) is 54.5 Å². The third-order valence-corrected chi connectivity index (χ3v) is 6.66. The second-order valence-corrected chi connectivity index (χ2v) is 9.37. The van der Waals surface area contributed by atoms with E-state index in [4.69, 9.17) is 5.41 Å². The summed E-state index contributed by atoms with van der Waals surface area (Å²) in [5.41, 5.74) is 2.24. The van der Waals surface area contributed by atoms with Gasteiger partial charge < -0.3 is 5.11 Å². The molecule has 5 heteroatoms. The Labute approximate surface area is 158 Å². The fraction of sp³-hybridized carbons (Fsp3) is 0.381. The molecule has 1 fully saturated rings. The molecule has 26 heavy (non-hydrogen) atoms. The number of hydroxylamine groups is 2. The van der Waals surface area contributed by atoms with Crippen LogP contribution in [0.2, 0.25) is 0 Å². The largest absolute Gasteiger partial charge is 0.507 e. The first kappa shape index (κ1) is 17.4. The van der Waals surface area contributed by atoms with E-state index < -0.39 is 5.54 Å². The molecule has 136 valence electrons. The Bertz CT molecular complexity index is 880. The summed E-state index contributed by atoms with van der Waals surface area (Å²) in [6.07, 6.45) is 2.63. The van der Waals surface area contributed by atoms with Gasteiger partial charge in [0.2, 0.25) is 0 Å². The van der Waals surface area contributed by atoms with Crippen LogP contribution >= 0.6 is 11.8 Å². The fourth-order valence-corrected chi connectivity index (χ4v) is 4.96. The van der Waals surface area contributed by atoms with Gasteiger partial charge in [0, 0.05) is 15.4 Å². The average Bonchev–Trinajstić information content (AvgIpc) is 2.79. The van der Waals surface area contributed by atoms with Gasteiger partial charge in [-0.1, -0.05) is 44.7 Å². The van der Waals surface area contributed by atoms with Gasteiger partial charge in [-0.15, -0.1) is 0 Å². The zero-order chi connectivity index (χ0) is 18.7. The molecule has 4 rings (SSSR count). The highest BCUT2D eigenvalue weighted by atomic mass is 32.2. The van der Waals surface area contributed by atoms with Crippen molar-refractivity contribution in [1.29, 1.82) is 5.41 Å². The van der Waals surface area contributed by atoms with E-state index in [1.54, 1.807) is 17.8 Å². The van der Waals surface area contributed by atoms with E-state index in [1.807, 2.05) is 6.07 Å². The van der Waals surface area contributed by atoms with Gasteiger partial charge in [0.05, 0.1) is 11.1 Å². The van der Waals surface area contributed by atoms with E-state index in [1.165, 1.54) is 5.56 Å². The summed E-state index contributed by atoms with van der Waals surface area (Å²) in [4.78, 5) is 2.12. The molecular formula is C21H24N2O2S. The van der Waals surface area contributed by atoms with Crippen molar-refractivity contribution in [3.05, 3.63) is 53.1 Å². The van der Waals surface area contributed by atoms with Gasteiger partial charge in [0.25, 0.3) is 0 Å². The molecule has 1 aliphatic heterocycles. The number of nitrogens with one attached hydrogen (secondary N) is 1. The molecule has 0 saturated heterocycles. The first-order chi connectivity index (χ1) is 12.2. The molecule has 0 amide bonds. The van der Waals surface area contributed by atoms with Crippen LogP contribution in [-0.4, -0.2) is 21.2 Å². The predicted octanol–water partition coefficient (Wildman–Crippen LogP) is 5.25. The number of fused-ring (bicyclic) bond motifs is 2. The zero-order valence-corrected chi connectivity index (χ0v) is 16.2. The first-order valence-electron chi connectivity index (χ1n) is 8.97. The normalized spacial score (nSPS) is 18.2. The van der Waals surface area contributed by atoms with Crippen LogP contribution < -0.4 is 0 Å². The SMILES string of the molecule is CC(C)(C)c1ccc(Sc2ccc(O)c3c2C2(CCC2)N(O)C3=N)cc1. The molecule has 0 radical (unpaired) electrons. The smallest absolute Gasteiger partial charge is 0.157 e. The van der Waals surface area contributed by atoms with Gasteiger partial charge in [-0.2, -0.15) is 0 Å². The lowest BCUT2D eigenvalue weighted by molar-refractivity contribution is -0.139. The van der Waals surface area contributed by atoms with Crippen molar-refractivity contribution in [2.75, 3.05) is 0 Å². The number of hydrogen-bond acceptors (Lipinski definition) is 4. The maximum atomic E-state index is 10.5. The molecule has 4 nitrogen and oxygen atoms in total. The summed E-state index contributed by atoms with van der Waals surface area (Å²) in [6, 6.07) is 12.1. The van der Waals surface area contributed by atoms with Crippen molar-refractivity contribution < 1.29 is 10.3 Å². The number of phenols is 1. The number of benzene rings is 2. The van der Waals surface area contributed by atoms with Crippen molar-refractivity contribution >= 4 is 17.6 Å². The average molecular weight is 369 g/mol. The van der Waals surface area contributed by atoms with E-state index >= 15 is 0 Å². The highest BCUT2D eigenvalue weighted by Gasteiger charge is 2.54. The molecule has 0 bridgehead atoms. The Balaban J connectivity index is 1.75. The zero-order valence-electron chi connectivity index (χ0n) is 15.3. The van der Waals surface area contributed by atoms with Gasteiger partial charge in [-0.3, -0.25) is 10.6 Å². The lowest BCUT2D eigenvalue weighted by Crippen LogP contribution is -2.47. The highest BCUT2D eigenvalue weighted by Crippen LogP contribution is 2.56. The van der Waals surface area contributed by atoms with E-state index in [0.29, 0.717) is 5.56 Å². The summed E-state index contributed by atoms with van der Waals surface area (Å²) < 4.78 is 0. The molecule has 2 aliphatic rings. The maximum absolute atomic E-state index is 10.5. The van der Waals surface area contributed by atoms with Crippen LogP contribution in [0.4, 0.5) is 0 Å². The monoisotopic (exact) mass is 368 g/mol. The quantitative estimate of drug-likeness (QED) is 0.677. The molecule has 1 saturated carbocycles. The summed E-state index contributed by atoms with van der Waals surface area (Å²) in [6.45, 7) is 6.59. The van der Waals surface area contributed by atoms with Crippen LogP contribution in [-0.2, 0) is 11.0 Å². The maximum Gasteiger partial charge on any atom is 0.157 e. The van der Waals surface area contributed by atoms with Crippen molar-refractivity contribution in [3.63, 3.8) is 0 Å². The predicted molar refractivity (Wildman–Crippen MR) is 103 cm³/mol. The van der Waals surface area contributed by atoms with Gasteiger partial charge in [0.15, 0.2) is 5.84 Å². The van der Waals surface area contributed by atoms with E-state index in [0.717, 1.165) is 39.7 Å². The number of phenolic OH excluding ortho intramolecular Hbond substituents is 1. The van der Waals surface area contributed by atoms with Gasteiger partial charge >= 0.3 is 0 Å². The number of nitrogens with zero attached hydrogens (tertiary/aromatic N) is 1. The second-order valence-electron chi connectivity index (χ2n) is 8.25. The third kappa shape index (κ3) is 2.45. The Morgan fingerprint density at radius 3 is 2.27 bits per heavy atom. The molecule has 1 spiro atoms. The molecule has 2 aromatic carbocycles. The Morgan fingerprint density at radius 1 is 1.08 bits per heavy atom. The Morgan fingerprint density at radius 2 is 1.73 bits per heavy atom. The minimum atomic E-state index is -0.543. The number of hydrogen-bond donors (Lipinski definition) is 3. The van der Waals surface area contributed by atoms with Crippen molar-refractivity contribution in [2.45, 2.75) is 60.8 Å². The van der Waals surface area contributed by atoms with E-state index in [-0.39, 0.29) is 17.0 Å². The molecule has 2 aromatic rings. The highest BCUT2D eigenvalue weighted by molar-refractivity contribution is 7.99. The molecule has 1 aliphatic carbocycles. The molecular weight excluding hydrogens is 344 g/mol. The third-order valence-electron chi connectivity index (χ3n) is 5.59. The first-order valence-corrected chi connectivity index (χ1v) is 9.78. The molecule has 0 aromatic heterocycles. The lowest BCUT2D eigenvalue weighted by atomic mass is 9.72. The van der Waals surface area contributed by atoms with E-state index in [9.17, 15) is 10.3 Å². The van der Waals surface area contributed by atoms with Crippen LogP contribution in [0, 0.1) is 5.41 Å². The molecule has 0 unspecified atom stereocenters. The van der Waals surface area contributed by atoms with Crippen LogP contribution in [0.1, 0.15) is 56.7 Å². The number of amidine groups is 1. The van der Waals surface area contributed by atoms with Crippen LogP contribution in [0.5, 0.6) is 5.75 Å². The fourth-order valence-electron chi connectivity index (χ4n) is 3.91. The Kier molecular flexibility index (Phi) is 3.86. The summed E-state index contributed by atoms with van der Waals surface area (Å²) in [5, 5.41) is 30.1. The Hall–Kier alpha value is -1.98. The topological polar surface area (TPSA) is 67.6 Å².